The Hall–Kier alpha value is -0.120. The summed E-state index contributed by atoms with van der Waals surface area (Å²) in [5, 5.41) is 0. The Balaban J connectivity index is 2.40. The van der Waals surface area contributed by atoms with Crippen LogP contribution < -0.4 is 5.73 Å². The number of rotatable bonds is 6. The molecule has 3 nitrogen and oxygen atoms in total. The normalized spacial score (nSPS) is 32.6. The van der Waals surface area contributed by atoms with Gasteiger partial charge in [0.05, 0.1) is 18.3 Å². The molecule has 16 heavy (non-hydrogen) atoms. The van der Waals surface area contributed by atoms with E-state index in [0.29, 0.717) is 13.2 Å². The van der Waals surface area contributed by atoms with Crippen molar-refractivity contribution in [3.8, 4) is 0 Å². The van der Waals surface area contributed by atoms with Crippen molar-refractivity contribution in [1.29, 1.82) is 0 Å². The van der Waals surface area contributed by atoms with Crippen molar-refractivity contribution in [3.05, 3.63) is 0 Å². The molecule has 0 bridgehead atoms. The molecular formula is C13H27NO2. The van der Waals surface area contributed by atoms with Crippen LogP contribution in [0.3, 0.4) is 0 Å². The molecule has 0 aromatic rings. The molecule has 0 amide bonds. The summed E-state index contributed by atoms with van der Waals surface area (Å²) in [5.41, 5.74) is 5.81. The molecule has 0 aromatic carbocycles. The lowest BCUT2D eigenvalue weighted by Crippen LogP contribution is -2.46. The maximum Gasteiger partial charge on any atom is 0.0809 e. The van der Waals surface area contributed by atoms with Crippen molar-refractivity contribution in [2.45, 2.75) is 58.2 Å². The second-order valence-corrected chi connectivity index (χ2v) is 5.16. The molecule has 1 aliphatic carbocycles. The van der Waals surface area contributed by atoms with Crippen LogP contribution in [0.2, 0.25) is 0 Å². The van der Waals surface area contributed by atoms with E-state index in [1.54, 1.807) is 0 Å². The van der Waals surface area contributed by atoms with E-state index in [1.165, 1.54) is 12.8 Å². The van der Waals surface area contributed by atoms with Crippen LogP contribution in [0.1, 0.15) is 46.5 Å². The Morgan fingerprint density at radius 3 is 2.50 bits per heavy atom. The van der Waals surface area contributed by atoms with Gasteiger partial charge in [0.2, 0.25) is 0 Å². The molecule has 1 aliphatic rings. The third-order valence-electron chi connectivity index (χ3n) is 3.57. The molecule has 0 radical (unpaired) electrons. The highest BCUT2D eigenvalue weighted by Gasteiger charge is 2.35. The Kier molecular flexibility index (Phi) is 5.73. The van der Waals surface area contributed by atoms with E-state index in [9.17, 15) is 0 Å². The predicted octanol–water partition coefficient (Wildman–Crippen LogP) is 2.34. The Labute approximate surface area is 99.7 Å². The first kappa shape index (κ1) is 13.9. The average molecular weight is 229 g/mol. The Morgan fingerprint density at radius 1 is 1.38 bits per heavy atom. The molecule has 0 heterocycles. The van der Waals surface area contributed by atoms with Gasteiger partial charge >= 0.3 is 0 Å². The van der Waals surface area contributed by atoms with Crippen molar-refractivity contribution < 1.29 is 9.47 Å². The molecular weight excluding hydrogens is 202 g/mol. The van der Waals surface area contributed by atoms with E-state index in [-0.39, 0.29) is 11.7 Å². The molecule has 1 saturated carbocycles. The van der Waals surface area contributed by atoms with Gasteiger partial charge in [0.1, 0.15) is 0 Å². The van der Waals surface area contributed by atoms with Gasteiger partial charge in [-0.2, -0.15) is 0 Å². The molecule has 2 N–H and O–H groups in total. The van der Waals surface area contributed by atoms with E-state index in [0.717, 1.165) is 25.4 Å². The highest BCUT2D eigenvalue weighted by molar-refractivity contribution is 4.88. The lowest BCUT2D eigenvalue weighted by molar-refractivity contribution is -0.126. The zero-order valence-electron chi connectivity index (χ0n) is 11.0. The van der Waals surface area contributed by atoms with Gasteiger partial charge in [0, 0.05) is 13.2 Å². The fourth-order valence-corrected chi connectivity index (χ4v) is 2.40. The Morgan fingerprint density at radius 2 is 2.00 bits per heavy atom. The molecule has 0 spiro atoms. The molecule has 1 fully saturated rings. The number of hydrogen-bond acceptors (Lipinski definition) is 3. The monoisotopic (exact) mass is 229 g/mol. The molecule has 0 saturated heterocycles. The molecule has 0 aromatic heterocycles. The highest BCUT2D eigenvalue weighted by Crippen LogP contribution is 2.34. The summed E-state index contributed by atoms with van der Waals surface area (Å²) in [4.78, 5) is 0. The SMILES string of the molecule is CCOCC(C)OC1(CN)CCC(C)CC1. The summed E-state index contributed by atoms with van der Waals surface area (Å²) < 4.78 is 11.5. The molecule has 1 unspecified atom stereocenters. The minimum atomic E-state index is -0.0803. The lowest BCUT2D eigenvalue weighted by Gasteiger charge is -2.40. The first-order valence-electron chi connectivity index (χ1n) is 6.57. The summed E-state index contributed by atoms with van der Waals surface area (Å²) in [6.07, 6.45) is 4.82. The first-order valence-corrected chi connectivity index (χ1v) is 6.57. The van der Waals surface area contributed by atoms with Gasteiger partial charge in [-0.05, 0) is 45.4 Å². The fraction of sp³-hybridized carbons (Fsp3) is 1.00. The maximum atomic E-state index is 6.13. The van der Waals surface area contributed by atoms with Crippen molar-refractivity contribution in [2.75, 3.05) is 19.8 Å². The van der Waals surface area contributed by atoms with E-state index in [4.69, 9.17) is 15.2 Å². The topological polar surface area (TPSA) is 44.5 Å². The van der Waals surface area contributed by atoms with Gasteiger partial charge in [-0.25, -0.2) is 0 Å². The minimum Gasteiger partial charge on any atom is -0.379 e. The fourth-order valence-electron chi connectivity index (χ4n) is 2.40. The smallest absolute Gasteiger partial charge is 0.0809 e. The summed E-state index contributed by atoms with van der Waals surface area (Å²) >= 11 is 0. The summed E-state index contributed by atoms with van der Waals surface area (Å²) in [7, 11) is 0. The molecule has 0 aliphatic heterocycles. The van der Waals surface area contributed by atoms with Crippen LogP contribution in [0, 0.1) is 5.92 Å². The van der Waals surface area contributed by atoms with E-state index >= 15 is 0 Å². The summed E-state index contributed by atoms with van der Waals surface area (Å²) in [6.45, 7) is 8.45. The quantitative estimate of drug-likeness (QED) is 0.760. The molecule has 96 valence electrons. The lowest BCUT2D eigenvalue weighted by atomic mass is 9.79. The number of hydrogen-bond donors (Lipinski definition) is 1. The van der Waals surface area contributed by atoms with Crippen LogP contribution in [-0.4, -0.2) is 31.5 Å². The zero-order valence-corrected chi connectivity index (χ0v) is 11.0. The van der Waals surface area contributed by atoms with Crippen LogP contribution in [0.5, 0.6) is 0 Å². The molecule has 1 rings (SSSR count). The third kappa shape index (κ3) is 4.04. The summed E-state index contributed by atoms with van der Waals surface area (Å²) in [6, 6.07) is 0. The first-order chi connectivity index (χ1) is 7.62. The maximum absolute atomic E-state index is 6.13. The zero-order chi connectivity index (χ0) is 12.0. The largest absolute Gasteiger partial charge is 0.379 e. The van der Waals surface area contributed by atoms with Crippen LogP contribution in [-0.2, 0) is 9.47 Å². The van der Waals surface area contributed by atoms with Gasteiger partial charge in [-0.3, -0.25) is 0 Å². The van der Waals surface area contributed by atoms with E-state index in [2.05, 4.69) is 13.8 Å². The van der Waals surface area contributed by atoms with Crippen LogP contribution in [0.25, 0.3) is 0 Å². The third-order valence-corrected chi connectivity index (χ3v) is 3.57. The van der Waals surface area contributed by atoms with Crippen LogP contribution in [0.15, 0.2) is 0 Å². The standard InChI is InChI=1S/C13H27NO2/c1-4-15-9-12(3)16-13(10-14)7-5-11(2)6-8-13/h11-12H,4-10,14H2,1-3H3. The van der Waals surface area contributed by atoms with Gasteiger partial charge in [0.25, 0.3) is 0 Å². The van der Waals surface area contributed by atoms with Crippen molar-refractivity contribution in [2.24, 2.45) is 11.7 Å². The van der Waals surface area contributed by atoms with Crippen LogP contribution >= 0.6 is 0 Å². The van der Waals surface area contributed by atoms with Crippen molar-refractivity contribution >= 4 is 0 Å². The highest BCUT2D eigenvalue weighted by atomic mass is 16.5. The van der Waals surface area contributed by atoms with Gasteiger partial charge in [0.15, 0.2) is 0 Å². The van der Waals surface area contributed by atoms with Gasteiger partial charge < -0.3 is 15.2 Å². The van der Waals surface area contributed by atoms with E-state index < -0.39 is 0 Å². The minimum absolute atomic E-state index is 0.0803. The molecule has 3 heteroatoms. The van der Waals surface area contributed by atoms with Crippen LogP contribution in [0.4, 0.5) is 0 Å². The second-order valence-electron chi connectivity index (χ2n) is 5.16. The summed E-state index contributed by atoms with van der Waals surface area (Å²) in [5.74, 6) is 0.825. The Bertz CT molecular complexity index is 188. The number of nitrogens with two attached hydrogens (primary N) is 1. The molecule has 1 atom stereocenters. The van der Waals surface area contributed by atoms with Crippen molar-refractivity contribution in [1.82, 2.24) is 0 Å². The van der Waals surface area contributed by atoms with Gasteiger partial charge in [-0.15, -0.1) is 0 Å². The van der Waals surface area contributed by atoms with E-state index in [1.807, 2.05) is 6.92 Å². The van der Waals surface area contributed by atoms with Crippen molar-refractivity contribution in [3.63, 3.8) is 0 Å². The number of ether oxygens (including phenoxy) is 2. The van der Waals surface area contributed by atoms with Gasteiger partial charge in [-0.1, -0.05) is 6.92 Å². The predicted molar refractivity (Wildman–Crippen MR) is 66.5 cm³/mol. The average Bonchev–Trinajstić information content (AvgIpc) is 2.30. The second kappa shape index (κ2) is 6.58.